The van der Waals surface area contributed by atoms with Crippen LogP contribution in [0.2, 0.25) is 0 Å². The van der Waals surface area contributed by atoms with Crippen molar-refractivity contribution in [2.24, 2.45) is 0 Å². The van der Waals surface area contributed by atoms with Gasteiger partial charge in [-0.3, -0.25) is 0 Å². The molecule has 1 atom stereocenters. The molecule has 168 valence electrons. The third-order valence-electron chi connectivity index (χ3n) is 6.75. The minimum absolute atomic E-state index is 0.205. The number of nitrogens with zero attached hydrogens (tertiary/aromatic N) is 1. The number of rotatable bonds is 8. The molecular formula is C31H28NO2+. The molecule has 5 rings (SSSR count). The Bertz CT molecular complexity index is 1370. The number of fused-ring (bicyclic) bond motifs is 2. The highest BCUT2D eigenvalue weighted by molar-refractivity contribution is 6.02. The molecule has 0 aliphatic rings. The maximum absolute atomic E-state index is 13.0. The molecule has 0 heterocycles. The van der Waals surface area contributed by atoms with Crippen molar-refractivity contribution in [3.63, 3.8) is 0 Å². The number of amides is 1. The van der Waals surface area contributed by atoms with E-state index in [2.05, 4.69) is 78.9 Å². The monoisotopic (exact) mass is 446 g/mol. The quantitative estimate of drug-likeness (QED) is 0.147. The highest BCUT2D eigenvalue weighted by Gasteiger charge is 2.32. The average molecular weight is 447 g/mol. The van der Waals surface area contributed by atoms with Crippen LogP contribution in [-0.2, 0) is 17.8 Å². The molecule has 0 aliphatic heterocycles. The maximum Gasteiger partial charge on any atom is 0.306 e. The van der Waals surface area contributed by atoms with Gasteiger partial charge in [0, 0.05) is 24.1 Å². The van der Waals surface area contributed by atoms with Crippen molar-refractivity contribution < 1.29 is 9.53 Å². The first-order valence-electron chi connectivity index (χ1n) is 11.6. The van der Waals surface area contributed by atoms with Gasteiger partial charge in [0.15, 0.2) is 0 Å². The molecule has 0 aliphatic carbocycles. The molecule has 5 aromatic carbocycles. The van der Waals surface area contributed by atoms with Crippen LogP contribution in [0, 0.1) is 0 Å². The first-order valence-corrected chi connectivity index (χ1v) is 11.6. The largest absolute Gasteiger partial charge is 0.497 e. The first-order chi connectivity index (χ1) is 16.7. The minimum atomic E-state index is 0.205. The predicted octanol–water partition coefficient (Wildman–Crippen LogP) is 6.91. The van der Waals surface area contributed by atoms with E-state index in [0.717, 1.165) is 24.3 Å². The summed E-state index contributed by atoms with van der Waals surface area (Å²) in [6, 6.07) is 37.5. The van der Waals surface area contributed by atoms with Crippen molar-refractivity contribution in [1.29, 1.82) is 0 Å². The molecule has 0 saturated heterocycles. The lowest BCUT2D eigenvalue weighted by atomic mass is 9.95. The summed E-state index contributed by atoms with van der Waals surface area (Å²) in [7, 11) is 1.66. The molecule has 0 N–H and O–H groups in total. The Hall–Kier alpha value is -3.95. The van der Waals surface area contributed by atoms with Crippen LogP contribution in [0.4, 0.5) is 5.69 Å². The van der Waals surface area contributed by atoms with Crippen molar-refractivity contribution >= 4 is 33.6 Å². The zero-order valence-corrected chi connectivity index (χ0v) is 19.4. The summed E-state index contributed by atoms with van der Waals surface area (Å²) >= 11 is 0. The summed E-state index contributed by atoms with van der Waals surface area (Å²) in [6.07, 6.45) is 1.91. The zero-order valence-electron chi connectivity index (χ0n) is 19.4. The predicted molar refractivity (Wildman–Crippen MR) is 141 cm³/mol. The van der Waals surface area contributed by atoms with E-state index in [1.165, 1.54) is 32.7 Å². The number of carbonyl (C=O) groups excluding carboxylic acids is 1. The molecule has 0 saturated carbocycles. The summed E-state index contributed by atoms with van der Waals surface area (Å²) < 4.78 is 5.59. The molecule has 1 amide bonds. The number of quaternary nitrogens is 1. The third-order valence-corrected chi connectivity index (χ3v) is 6.75. The lowest BCUT2D eigenvalue weighted by Crippen LogP contribution is -2.48. The fourth-order valence-corrected chi connectivity index (χ4v) is 4.86. The number of ether oxygens (including phenoxy) is 1. The fourth-order valence-electron chi connectivity index (χ4n) is 4.86. The van der Waals surface area contributed by atoms with E-state index in [-0.39, 0.29) is 4.48 Å². The smallest absolute Gasteiger partial charge is 0.306 e. The summed E-state index contributed by atoms with van der Waals surface area (Å²) in [6.45, 7) is 1.24. The molecular weight excluding hydrogens is 418 g/mol. The number of methoxy groups -OCH3 is 1. The van der Waals surface area contributed by atoms with Crippen molar-refractivity contribution in [2.45, 2.75) is 13.0 Å². The van der Waals surface area contributed by atoms with Gasteiger partial charge in [-0.25, -0.2) is 9.28 Å². The summed E-state index contributed by atoms with van der Waals surface area (Å²) in [4.78, 5) is 13.0. The van der Waals surface area contributed by atoms with Gasteiger partial charge in [-0.1, -0.05) is 78.9 Å². The molecule has 0 aromatic heterocycles. The topological polar surface area (TPSA) is 26.3 Å². The normalized spacial score (nSPS) is 13.0. The van der Waals surface area contributed by atoms with Gasteiger partial charge < -0.3 is 4.74 Å². The van der Waals surface area contributed by atoms with E-state index in [9.17, 15) is 4.79 Å². The van der Waals surface area contributed by atoms with Gasteiger partial charge in [-0.05, 0) is 45.3 Å². The lowest BCUT2D eigenvalue weighted by Gasteiger charge is -2.33. The van der Waals surface area contributed by atoms with Crippen molar-refractivity contribution in [3.05, 3.63) is 120 Å². The Labute approximate surface area is 200 Å². The van der Waals surface area contributed by atoms with Crippen molar-refractivity contribution in [1.82, 2.24) is 4.48 Å². The second-order valence-electron chi connectivity index (χ2n) is 8.75. The second-order valence-corrected chi connectivity index (χ2v) is 8.75. The Morgan fingerprint density at radius 1 is 0.735 bits per heavy atom. The van der Waals surface area contributed by atoms with Crippen LogP contribution in [0.1, 0.15) is 11.1 Å². The first kappa shape index (κ1) is 21.9. The van der Waals surface area contributed by atoms with Gasteiger partial charge in [0.1, 0.15) is 18.0 Å². The maximum atomic E-state index is 13.0. The SMILES string of the molecule is COc1ccc([N+](C=O)(CCc2ccccc2)Cc2c3ccccc3cc3ccccc23)cc1. The van der Waals surface area contributed by atoms with Crippen LogP contribution in [0.3, 0.4) is 0 Å². The zero-order chi connectivity index (χ0) is 23.4. The van der Waals surface area contributed by atoms with E-state index in [4.69, 9.17) is 4.74 Å². The third kappa shape index (κ3) is 4.18. The Morgan fingerprint density at radius 3 is 1.91 bits per heavy atom. The summed E-state index contributed by atoms with van der Waals surface area (Å²) in [5.41, 5.74) is 3.39. The highest BCUT2D eigenvalue weighted by atomic mass is 16.5. The molecule has 1 unspecified atom stereocenters. The standard InChI is InChI=1S/C31H28NO2/c1-34-28-17-15-27(16-18-28)32(23-33,20-19-24-9-3-2-4-10-24)22-31-29-13-7-5-11-25(29)21-26-12-6-8-14-30(26)31/h2-18,21,23H,19-20,22H2,1H3/q+1. The Balaban J connectivity index is 1.67. The molecule has 0 radical (unpaired) electrons. The van der Waals surface area contributed by atoms with Crippen LogP contribution in [0.5, 0.6) is 5.75 Å². The minimum Gasteiger partial charge on any atom is -0.497 e. The number of carbonyl (C=O) groups is 1. The van der Waals surface area contributed by atoms with Crippen LogP contribution >= 0.6 is 0 Å². The average Bonchev–Trinajstić information content (AvgIpc) is 2.91. The van der Waals surface area contributed by atoms with Gasteiger partial charge >= 0.3 is 6.41 Å². The number of hydrogen-bond donors (Lipinski definition) is 0. The molecule has 3 heteroatoms. The summed E-state index contributed by atoms with van der Waals surface area (Å²) in [5.74, 6) is 0.784. The molecule has 0 bridgehead atoms. The molecule has 0 spiro atoms. The van der Waals surface area contributed by atoms with Gasteiger partial charge in [-0.15, -0.1) is 0 Å². The molecule has 34 heavy (non-hydrogen) atoms. The van der Waals surface area contributed by atoms with Crippen molar-refractivity contribution in [3.8, 4) is 5.75 Å². The Kier molecular flexibility index (Phi) is 6.11. The van der Waals surface area contributed by atoms with Crippen molar-refractivity contribution in [2.75, 3.05) is 13.7 Å². The van der Waals surface area contributed by atoms with Crippen LogP contribution < -0.4 is 9.22 Å². The van der Waals surface area contributed by atoms with Gasteiger partial charge in [0.2, 0.25) is 0 Å². The van der Waals surface area contributed by atoms with E-state index in [0.29, 0.717) is 13.1 Å². The number of hydrogen-bond acceptors (Lipinski definition) is 2. The second kappa shape index (κ2) is 9.50. The van der Waals surface area contributed by atoms with E-state index in [1.807, 2.05) is 30.3 Å². The van der Waals surface area contributed by atoms with Crippen LogP contribution in [0.25, 0.3) is 21.5 Å². The molecule has 5 aromatic rings. The highest BCUT2D eigenvalue weighted by Crippen LogP contribution is 2.34. The molecule has 0 fully saturated rings. The summed E-state index contributed by atoms with van der Waals surface area (Å²) in [5, 5.41) is 4.77. The van der Waals surface area contributed by atoms with E-state index >= 15 is 0 Å². The van der Waals surface area contributed by atoms with E-state index in [1.54, 1.807) is 7.11 Å². The molecule has 3 nitrogen and oxygen atoms in total. The van der Waals surface area contributed by atoms with Gasteiger partial charge in [0.05, 0.1) is 13.7 Å². The van der Waals surface area contributed by atoms with Gasteiger partial charge in [-0.2, -0.15) is 0 Å². The number of benzene rings is 5. The fraction of sp³-hybridized carbons (Fsp3) is 0.129. The van der Waals surface area contributed by atoms with Crippen LogP contribution in [0.15, 0.2) is 109 Å². The van der Waals surface area contributed by atoms with Crippen LogP contribution in [-0.4, -0.2) is 20.1 Å². The van der Waals surface area contributed by atoms with E-state index < -0.39 is 0 Å². The van der Waals surface area contributed by atoms with Gasteiger partial charge in [0.25, 0.3) is 0 Å². The lowest BCUT2D eigenvalue weighted by molar-refractivity contribution is -0.118. The Morgan fingerprint density at radius 2 is 1.32 bits per heavy atom.